The monoisotopic (exact) mass is 449 g/mol. The zero-order valence-corrected chi connectivity index (χ0v) is 19.8. The molecule has 1 fully saturated rings. The molecule has 3 aromatic rings. The fourth-order valence-corrected chi connectivity index (χ4v) is 5.20. The second-order valence-corrected chi connectivity index (χ2v) is 9.33. The molecule has 1 aliphatic heterocycles. The first-order valence-electron chi connectivity index (χ1n) is 11.1. The van der Waals surface area contributed by atoms with E-state index in [1.54, 1.807) is 18.4 Å². The van der Waals surface area contributed by atoms with Crippen LogP contribution in [0.1, 0.15) is 39.3 Å². The molecule has 168 valence electrons. The Morgan fingerprint density at radius 1 is 1.06 bits per heavy atom. The van der Waals surface area contributed by atoms with Crippen LogP contribution in [0.25, 0.3) is 0 Å². The fraction of sp³-hybridized carbons (Fsp3) is 0.346. The van der Waals surface area contributed by atoms with E-state index in [-0.39, 0.29) is 11.9 Å². The summed E-state index contributed by atoms with van der Waals surface area (Å²) in [6.07, 6.45) is 0.937. The van der Waals surface area contributed by atoms with Gasteiger partial charge in [0.1, 0.15) is 10.8 Å². The van der Waals surface area contributed by atoms with E-state index in [1.165, 1.54) is 10.4 Å². The van der Waals surface area contributed by atoms with Crippen molar-refractivity contribution in [3.05, 3.63) is 82.2 Å². The minimum absolute atomic E-state index is 0.0569. The second kappa shape index (κ2) is 10.3. The highest BCUT2D eigenvalue weighted by atomic mass is 32.1. The second-order valence-electron chi connectivity index (χ2n) is 8.19. The lowest BCUT2D eigenvalue weighted by atomic mass is 9.97. The van der Waals surface area contributed by atoms with Gasteiger partial charge in [-0.1, -0.05) is 37.3 Å². The number of piperazine rings is 1. The summed E-state index contributed by atoms with van der Waals surface area (Å²) in [5.41, 5.74) is 3.01. The molecule has 5 nitrogen and oxygen atoms in total. The van der Waals surface area contributed by atoms with Crippen molar-refractivity contribution >= 4 is 22.2 Å². The first-order chi connectivity index (χ1) is 15.6. The van der Waals surface area contributed by atoms with Gasteiger partial charge in [0.2, 0.25) is 0 Å². The van der Waals surface area contributed by atoms with Gasteiger partial charge in [-0.15, -0.1) is 11.3 Å². The SMILES string of the molecule is CCc1cc(C(c2cccc(OC)c2)N2CCN(C)CC2)c(NC(=O)c2ccccc2)s1. The van der Waals surface area contributed by atoms with Crippen LogP contribution in [-0.2, 0) is 6.42 Å². The molecule has 1 atom stereocenters. The van der Waals surface area contributed by atoms with Gasteiger partial charge in [-0.25, -0.2) is 0 Å². The molecule has 1 unspecified atom stereocenters. The Bertz CT molecular complexity index is 1040. The van der Waals surface area contributed by atoms with Gasteiger partial charge in [0.05, 0.1) is 13.2 Å². The number of carbonyl (C=O) groups is 1. The van der Waals surface area contributed by atoms with E-state index in [9.17, 15) is 4.79 Å². The number of hydrogen-bond acceptors (Lipinski definition) is 5. The number of benzene rings is 2. The van der Waals surface area contributed by atoms with Crippen LogP contribution in [0, 0.1) is 0 Å². The van der Waals surface area contributed by atoms with Crippen LogP contribution < -0.4 is 10.1 Å². The molecule has 1 aromatic heterocycles. The number of nitrogens with zero attached hydrogens (tertiary/aromatic N) is 2. The van der Waals surface area contributed by atoms with Crippen molar-refractivity contribution in [2.24, 2.45) is 0 Å². The summed E-state index contributed by atoms with van der Waals surface area (Å²) in [6, 6.07) is 20.1. The molecule has 0 saturated carbocycles. The molecular formula is C26H31N3O2S. The van der Waals surface area contributed by atoms with E-state index in [0.29, 0.717) is 5.56 Å². The molecule has 0 bridgehead atoms. The van der Waals surface area contributed by atoms with Gasteiger partial charge in [0.15, 0.2) is 0 Å². The Kier molecular flexibility index (Phi) is 7.25. The summed E-state index contributed by atoms with van der Waals surface area (Å²) in [6.45, 7) is 6.16. The summed E-state index contributed by atoms with van der Waals surface area (Å²) < 4.78 is 5.53. The van der Waals surface area contributed by atoms with E-state index in [2.05, 4.69) is 47.3 Å². The number of methoxy groups -OCH3 is 1. The standard InChI is InChI=1S/C26H31N3O2S/c1-4-22-18-23(26(32-22)27-25(30)19-9-6-5-7-10-19)24(29-15-13-28(2)14-16-29)20-11-8-12-21(17-20)31-3/h5-12,17-18,24H,4,13-16H2,1-3H3,(H,27,30). The van der Waals surface area contributed by atoms with Gasteiger partial charge in [0, 0.05) is 42.2 Å². The molecule has 1 aliphatic rings. The van der Waals surface area contributed by atoms with Crippen LogP contribution in [0.2, 0.25) is 0 Å². The van der Waals surface area contributed by atoms with E-state index < -0.39 is 0 Å². The molecule has 4 rings (SSSR count). The third-order valence-electron chi connectivity index (χ3n) is 6.03. The summed E-state index contributed by atoms with van der Waals surface area (Å²) in [5, 5.41) is 4.15. The number of anilines is 1. The van der Waals surface area contributed by atoms with E-state index in [0.717, 1.165) is 48.9 Å². The fourth-order valence-electron chi connectivity index (χ4n) is 4.18. The minimum Gasteiger partial charge on any atom is -0.497 e. The predicted octanol–water partition coefficient (Wildman–Crippen LogP) is 4.91. The Morgan fingerprint density at radius 2 is 1.81 bits per heavy atom. The number of aryl methyl sites for hydroxylation is 1. The third kappa shape index (κ3) is 5.04. The number of likely N-dealkylation sites (N-methyl/N-ethyl adjacent to an activating group) is 1. The molecule has 0 spiro atoms. The Labute approximate surface area is 194 Å². The number of ether oxygens (including phenoxy) is 1. The Hall–Kier alpha value is -2.67. The number of carbonyl (C=O) groups excluding carboxylic acids is 1. The van der Waals surface area contributed by atoms with Crippen molar-refractivity contribution in [3.8, 4) is 5.75 Å². The van der Waals surface area contributed by atoms with Crippen LogP contribution >= 0.6 is 11.3 Å². The first-order valence-corrected chi connectivity index (χ1v) is 12.0. The van der Waals surface area contributed by atoms with Gasteiger partial charge in [-0.2, -0.15) is 0 Å². The highest BCUT2D eigenvalue weighted by Crippen LogP contribution is 2.40. The lowest BCUT2D eigenvalue weighted by Gasteiger charge is -2.38. The summed E-state index contributed by atoms with van der Waals surface area (Å²) in [4.78, 5) is 19.2. The molecule has 1 saturated heterocycles. The number of amides is 1. The lowest BCUT2D eigenvalue weighted by molar-refractivity contribution is 0.102. The molecule has 2 aromatic carbocycles. The Balaban J connectivity index is 1.74. The van der Waals surface area contributed by atoms with Crippen LogP contribution in [-0.4, -0.2) is 56.0 Å². The number of rotatable bonds is 7. The minimum atomic E-state index is -0.0703. The number of nitrogens with one attached hydrogen (secondary N) is 1. The maximum absolute atomic E-state index is 13.0. The quantitative estimate of drug-likeness (QED) is 0.557. The number of thiophene rings is 1. The van der Waals surface area contributed by atoms with Crippen molar-refractivity contribution in [1.82, 2.24) is 9.80 Å². The molecule has 1 amide bonds. The summed E-state index contributed by atoms with van der Waals surface area (Å²) in [5.74, 6) is 0.779. The topological polar surface area (TPSA) is 44.8 Å². The zero-order valence-electron chi connectivity index (χ0n) is 19.0. The van der Waals surface area contributed by atoms with Crippen LogP contribution in [0.15, 0.2) is 60.7 Å². The van der Waals surface area contributed by atoms with Gasteiger partial charge < -0.3 is 15.0 Å². The maximum Gasteiger partial charge on any atom is 0.256 e. The Morgan fingerprint density at radius 3 is 2.50 bits per heavy atom. The summed E-state index contributed by atoms with van der Waals surface area (Å²) in [7, 11) is 3.87. The van der Waals surface area contributed by atoms with Crippen LogP contribution in [0.5, 0.6) is 5.75 Å². The van der Waals surface area contributed by atoms with Gasteiger partial charge >= 0.3 is 0 Å². The highest BCUT2D eigenvalue weighted by molar-refractivity contribution is 7.16. The average Bonchev–Trinajstić information content (AvgIpc) is 3.23. The highest BCUT2D eigenvalue weighted by Gasteiger charge is 2.29. The van der Waals surface area contributed by atoms with Crippen molar-refractivity contribution < 1.29 is 9.53 Å². The normalized spacial score (nSPS) is 16.0. The van der Waals surface area contributed by atoms with Crippen LogP contribution in [0.4, 0.5) is 5.00 Å². The smallest absolute Gasteiger partial charge is 0.256 e. The van der Waals surface area contributed by atoms with E-state index in [1.807, 2.05) is 42.5 Å². The van der Waals surface area contributed by atoms with Gasteiger partial charge in [-0.05, 0) is 49.4 Å². The molecular weight excluding hydrogens is 418 g/mol. The van der Waals surface area contributed by atoms with E-state index >= 15 is 0 Å². The lowest BCUT2D eigenvalue weighted by Crippen LogP contribution is -2.46. The third-order valence-corrected chi connectivity index (χ3v) is 7.24. The molecule has 1 N–H and O–H groups in total. The van der Waals surface area contributed by atoms with Crippen molar-refractivity contribution in [2.75, 3.05) is 45.7 Å². The first kappa shape index (κ1) is 22.5. The van der Waals surface area contributed by atoms with Crippen LogP contribution in [0.3, 0.4) is 0 Å². The maximum atomic E-state index is 13.0. The van der Waals surface area contributed by atoms with Gasteiger partial charge in [0.25, 0.3) is 5.91 Å². The number of hydrogen-bond donors (Lipinski definition) is 1. The summed E-state index contributed by atoms with van der Waals surface area (Å²) >= 11 is 1.68. The molecule has 0 aliphatic carbocycles. The van der Waals surface area contributed by atoms with E-state index in [4.69, 9.17) is 4.74 Å². The predicted molar refractivity (Wildman–Crippen MR) is 132 cm³/mol. The van der Waals surface area contributed by atoms with Crippen molar-refractivity contribution in [1.29, 1.82) is 0 Å². The molecule has 2 heterocycles. The van der Waals surface area contributed by atoms with Crippen molar-refractivity contribution in [2.45, 2.75) is 19.4 Å². The molecule has 0 radical (unpaired) electrons. The van der Waals surface area contributed by atoms with Gasteiger partial charge in [-0.3, -0.25) is 9.69 Å². The average molecular weight is 450 g/mol. The van der Waals surface area contributed by atoms with Crippen molar-refractivity contribution in [3.63, 3.8) is 0 Å². The largest absolute Gasteiger partial charge is 0.497 e. The molecule has 32 heavy (non-hydrogen) atoms. The molecule has 6 heteroatoms. The zero-order chi connectivity index (χ0) is 22.5.